The molecule has 0 heterocycles. The molecule has 0 radical (unpaired) electrons. The van der Waals surface area contributed by atoms with Gasteiger partial charge in [-0.15, -0.1) is 0 Å². The maximum absolute atomic E-state index is 6.15. The molecule has 0 fully saturated rings. The molecule has 0 amide bonds. The molecule has 0 unspecified atom stereocenters. The molecular weight excluding hydrogens is 286 g/mol. The summed E-state index contributed by atoms with van der Waals surface area (Å²) in [6, 6.07) is 3.76. The summed E-state index contributed by atoms with van der Waals surface area (Å²) >= 11 is 6.15. The van der Waals surface area contributed by atoms with Crippen molar-refractivity contribution in [2.24, 2.45) is 5.92 Å². The smallest absolute Gasteiger partial charge is 0.165 e. The van der Waals surface area contributed by atoms with Crippen molar-refractivity contribution < 1.29 is 9.47 Å². The Morgan fingerprint density at radius 3 is 2.67 bits per heavy atom. The molecule has 0 spiro atoms. The number of hydrogen-bond donors (Lipinski definition) is 1. The van der Waals surface area contributed by atoms with E-state index >= 15 is 0 Å². The molecule has 0 aliphatic heterocycles. The molecule has 1 aromatic rings. The molecular formula is C17H28ClNO2. The van der Waals surface area contributed by atoms with Crippen LogP contribution in [0.1, 0.15) is 45.6 Å². The maximum Gasteiger partial charge on any atom is 0.165 e. The highest BCUT2D eigenvalue weighted by molar-refractivity contribution is 6.30. The van der Waals surface area contributed by atoms with Gasteiger partial charge in [0.05, 0.1) is 13.7 Å². The zero-order valence-electron chi connectivity index (χ0n) is 13.7. The van der Waals surface area contributed by atoms with Gasteiger partial charge < -0.3 is 14.8 Å². The summed E-state index contributed by atoms with van der Waals surface area (Å²) in [5.74, 6) is 2.22. The van der Waals surface area contributed by atoms with Gasteiger partial charge in [-0.2, -0.15) is 0 Å². The summed E-state index contributed by atoms with van der Waals surface area (Å²) in [5, 5.41) is 4.06. The molecule has 1 aromatic carbocycles. The van der Waals surface area contributed by atoms with E-state index in [0.29, 0.717) is 23.3 Å². The topological polar surface area (TPSA) is 30.5 Å². The van der Waals surface area contributed by atoms with Crippen molar-refractivity contribution in [2.75, 3.05) is 20.3 Å². The lowest BCUT2D eigenvalue weighted by Gasteiger charge is -2.16. The Morgan fingerprint density at radius 1 is 1.29 bits per heavy atom. The van der Waals surface area contributed by atoms with Crippen molar-refractivity contribution in [3.63, 3.8) is 0 Å². The maximum atomic E-state index is 6.15. The van der Waals surface area contributed by atoms with Gasteiger partial charge in [0.15, 0.2) is 11.5 Å². The predicted molar refractivity (Wildman–Crippen MR) is 89.6 cm³/mol. The van der Waals surface area contributed by atoms with E-state index in [2.05, 4.69) is 26.1 Å². The Balaban J connectivity index is 2.76. The first-order valence-corrected chi connectivity index (χ1v) is 8.16. The highest BCUT2D eigenvalue weighted by Gasteiger charge is 2.12. The fraction of sp³-hybridized carbons (Fsp3) is 0.647. The third-order valence-corrected chi connectivity index (χ3v) is 3.45. The lowest BCUT2D eigenvalue weighted by molar-refractivity contribution is 0.276. The van der Waals surface area contributed by atoms with Crippen molar-refractivity contribution in [1.29, 1.82) is 0 Å². The van der Waals surface area contributed by atoms with Gasteiger partial charge in [-0.25, -0.2) is 0 Å². The zero-order chi connectivity index (χ0) is 15.7. The van der Waals surface area contributed by atoms with Crippen molar-refractivity contribution in [3.05, 3.63) is 22.7 Å². The Kier molecular flexibility index (Phi) is 8.55. The number of benzene rings is 1. The first kappa shape index (κ1) is 18.1. The number of methoxy groups -OCH3 is 1. The summed E-state index contributed by atoms with van der Waals surface area (Å²) < 4.78 is 11.4. The normalized spacial score (nSPS) is 11.0. The van der Waals surface area contributed by atoms with E-state index in [9.17, 15) is 0 Å². The minimum Gasteiger partial charge on any atom is -0.493 e. The lowest BCUT2D eigenvalue weighted by atomic mass is 10.1. The van der Waals surface area contributed by atoms with Crippen LogP contribution < -0.4 is 14.8 Å². The summed E-state index contributed by atoms with van der Waals surface area (Å²) in [4.78, 5) is 0. The summed E-state index contributed by atoms with van der Waals surface area (Å²) in [6.45, 7) is 9.02. The van der Waals surface area contributed by atoms with Gasteiger partial charge in [-0.1, -0.05) is 32.4 Å². The summed E-state index contributed by atoms with van der Waals surface area (Å²) in [7, 11) is 1.65. The molecule has 3 nitrogen and oxygen atoms in total. The Morgan fingerprint density at radius 2 is 2.05 bits per heavy atom. The fourth-order valence-electron chi connectivity index (χ4n) is 2.14. The second-order valence-corrected chi connectivity index (χ2v) is 6.09. The Hall–Kier alpha value is -0.930. The van der Waals surface area contributed by atoms with Crippen LogP contribution in [0.25, 0.3) is 0 Å². The van der Waals surface area contributed by atoms with Gasteiger partial charge in [0.1, 0.15) is 0 Å². The first-order chi connectivity index (χ1) is 10.1. The Labute approximate surface area is 134 Å². The fourth-order valence-corrected chi connectivity index (χ4v) is 2.37. The van der Waals surface area contributed by atoms with Crippen LogP contribution in [0.4, 0.5) is 0 Å². The Bertz CT molecular complexity index is 421. The second kappa shape index (κ2) is 9.91. The highest BCUT2D eigenvalue weighted by Crippen LogP contribution is 2.35. The predicted octanol–water partition coefficient (Wildman–Crippen LogP) is 4.66. The number of ether oxygens (including phenoxy) is 2. The van der Waals surface area contributed by atoms with Crippen LogP contribution in [-0.2, 0) is 6.54 Å². The van der Waals surface area contributed by atoms with Crippen LogP contribution in [0.15, 0.2) is 12.1 Å². The average Bonchev–Trinajstić information content (AvgIpc) is 2.44. The van der Waals surface area contributed by atoms with Gasteiger partial charge in [0, 0.05) is 23.2 Å². The van der Waals surface area contributed by atoms with E-state index in [4.69, 9.17) is 21.1 Å². The molecule has 4 heteroatoms. The first-order valence-electron chi connectivity index (χ1n) is 7.78. The van der Waals surface area contributed by atoms with E-state index in [1.54, 1.807) is 7.11 Å². The van der Waals surface area contributed by atoms with Gasteiger partial charge in [-0.3, -0.25) is 0 Å². The quantitative estimate of drug-likeness (QED) is 0.637. The molecule has 21 heavy (non-hydrogen) atoms. The SMILES string of the molecule is CCCNCc1cc(Cl)cc(OC)c1OCCCC(C)C. The zero-order valence-corrected chi connectivity index (χ0v) is 14.4. The standard InChI is InChI=1S/C17H28ClNO2/c1-5-8-19-12-14-10-15(18)11-16(20-4)17(14)21-9-6-7-13(2)3/h10-11,13,19H,5-9,12H2,1-4H3. The molecule has 0 bridgehead atoms. The molecule has 0 saturated carbocycles. The van der Waals surface area contributed by atoms with Crippen LogP contribution >= 0.6 is 11.6 Å². The van der Waals surface area contributed by atoms with E-state index in [1.807, 2.05) is 12.1 Å². The molecule has 0 aromatic heterocycles. The third kappa shape index (κ3) is 6.58. The van der Waals surface area contributed by atoms with Gasteiger partial charge in [0.25, 0.3) is 0 Å². The molecule has 1 rings (SSSR count). The lowest BCUT2D eigenvalue weighted by Crippen LogP contribution is -2.15. The number of halogens is 1. The largest absolute Gasteiger partial charge is 0.493 e. The monoisotopic (exact) mass is 313 g/mol. The number of rotatable bonds is 10. The third-order valence-electron chi connectivity index (χ3n) is 3.23. The van der Waals surface area contributed by atoms with E-state index in [0.717, 1.165) is 37.2 Å². The molecule has 0 atom stereocenters. The summed E-state index contributed by atoms with van der Waals surface area (Å²) in [6.07, 6.45) is 3.31. The van der Waals surface area contributed by atoms with Gasteiger partial charge in [0.2, 0.25) is 0 Å². The minimum atomic E-state index is 0.676. The second-order valence-electron chi connectivity index (χ2n) is 5.66. The van der Waals surface area contributed by atoms with E-state index < -0.39 is 0 Å². The number of hydrogen-bond acceptors (Lipinski definition) is 3. The molecule has 0 saturated heterocycles. The van der Waals surface area contributed by atoms with E-state index in [-0.39, 0.29) is 0 Å². The highest BCUT2D eigenvalue weighted by atomic mass is 35.5. The van der Waals surface area contributed by atoms with Gasteiger partial charge in [-0.05, 0) is 37.8 Å². The van der Waals surface area contributed by atoms with Gasteiger partial charge >= 0.3 is 0 Å². The minimum absolute atomic E-state index is 0.676. The van der Waals surface area contributed by atoms with Crippen molar-refractivity contribution in [3.8, 4) is 11.5 Å². The summed E-state index contributed by atoms with van der Waals surface area (Å²) in [5.41, 5.74) is 1.05. The van der Waals surface area contributed by atoms with Crippen LogP contribution in [0.3, 0.4) is 0 Å². The van der Waals surface area contributed by atoms with Crippen molar-refractivity contribution >= 4 is 11.6 Å². The van der Waals surface area contributed by atoms with Crippen LogP contribution in [-0.4, -0.2) is 20.3 Å². The molecule has 0 aliphatic rings. The van der Waals surface area contributed by atoms with Crippen molar-refractivity contribution in [2.45, 2.75) is 46.6 Å². The molecule has 120 valence electrons. The molecule has 0 aliphatic carbocycles. The van der Waals surface area contributed by atoms with Crippen LogP contribution in [0, 0.1) is 5.92 Å². The number of nitrogens with one attached hydrogen (secondary N) is 1. The van der Waals surface area contributed by atoms with Crippen molar-refractivity contribution in [1.82, 2.24) is 5.32 Å². The molecule has 1 N–H and O–H groups in total. The van der Waals surface area contributed by atoms with Crippen LogP contribution in [0.2, 0.25) is 5.02 Å². The average molecular weight is 314 g/mol. The van der Waals surface area contributed by atoms with Crippen LogP contribution in [0.5, 0.6) is 11.5 Å². The van der Waals surface area contributed by atoms with E-state index in [1.165, 1.54) is 6.42 Å².